The first-order chi connectivity index (χ1) is 7.15. The van der Waals surface area contributed by atoms with Crippen LogP contribution in [0.2, 0.25) is 0 Å². The third-order valence-corrected chi connectivity index (χ3v) is 2.53. The van der Waals surface area contributed by atoms with Gasteiger partial charge in [-0.3, -0.25) is 0 Å². The van der Waals surface area contributed by atoms with E-state index in [1.165, 1.54) is 22.3 Å². The topological polar surface area (TPSA) is 12.0 Å². The number of aryl methyl sites for hydroxylation is 3. The molecule has 1 heteroatoms. The Hall–Kier alpha value is -1.08. The van der Waals surface area contributed by atoms with Gasteiger partial charge < -0.3 is 5.32 Å². The van der Waals surface area contributed by atoms with E-state index in [-0.39, 0.29) is 0 Å². The molecule has 0 aliphatic rings. The van der Waals surface area contributed by atoms with Crippen LogP contribution in [-0.4, -0.2) is 13.1 Å². The SMILES string of the molecule is CCNCC=Cc1c(C)cc(C)cc1C. The molecule has 0 saturated heterocycles. The van der Waals surface area contributed by atoms with E-state index >= 15 is 0 Å². The van der Waals surface area contributed by atoms with Crippen LogP contribution in [0.15, 0.2) is 18.2 Å². The van der Waals surface area contributed by atoms with E-state index in [1.807, 2.05) is 0 Å². The van der Waals surface area contributed by atoms with E-state index in [9.17, 15) is 0 Å². The molecule has 0 fully saturated rings. The lowest BCUT2D eigenvalue weighted by molar-refractivity contribution is 0.801. The molecule has 0 saturated carbocycles. The molecule has 0 aromatic heterocycles. The van der Waals surface area contributed by atoms with Crippen LogP contribution in [-0.2, 0) is 0 Å². The Labute approximate surface area is 93.2 Å². The van der Waals surface area contributed by atoms with E-state index < -0.39 is 0 Å². The summed E-state index contributed by atoms with van der Waals surface area (Å²) < 4.78 is 0. The zero-order chi connectivity index (χ0) is 11.3. The van der Waals surface area contributed by atoms with Crippen LogP contribution in [0.25, 0.3) is 6.08 Å². The van der Waals surface area contributed by atoms with Crippen LogP contribution >= 0.6 is 0 Å². The van der Waals surface area contributed by atoms with Crippen molar-refractivity contribution in [1.82, 2.24) is 5.32 Å². The zero-order valence-electron chi connectivity index (χ0n) is 10.2. The number of nitrogens with one attached hydrogen (secondary N) is 1. The molecule has 0 spiro atoms. The van der Waals surface area contributed by atoms with Crippen LogP contribution in [0.4, 0.5) is 0 Å². The molecule has 0 unspecified atom stereocenters. The molecule has 1 rings (SSSR count). The molecule has 1 N–H and O–H groups in total. The zero-order valence-corrected chi connectivity index (χ0v) is 10.2. The quantitative estimate of drug-likeness (QED) is 0.741. The molecule has 82 valence electrons. The predicted molar refractivity (Wildman–Crippen MR) is 68.2 cm³/mol. The van der Waals surface area contributed by atoms with Gasteiger partial charge in [-0.2, -0.15) is 0 Å². The average Bonchev–Trinajstić information content (AvgIpc) is 2.15. The minimum Gasteiger partial charge on any atom is -0.314 e. The number of hydrogen-bond donors (Lipinski definition) is 1. The van der Waals surface area contributed by atoms with Gasteiger partial charge in [0.05, 0.1) is 0 Å². The highest BCUT2D eigenvalue weighted by atomic mass is 14.8. The van der Waals surface area contributed by atoms with Crippen molar-refractivity contribution >= 4 is 6.08 Å². The molecule has 15 heavy (non-hydrogen) atoms. The summed E-state index contributed by atoms with van der Waals surface area (Å²) in [7, 11) is 0. The minimum absolute atomic E-state index is 0.948. The molecule has 0 bridgehead atoms. The van der Waals surface area contributed by atoms with E-state index in [1.54, 1.807) is 0 Å². The van der Waals surface area contributed by atoms with Gasteiger partial charge >= 0.3 is 0 Å². The van der Waals surface area contributed by atoms with Gasteiger partial charge in [0.1, 0.15) is 0 Å². The maximum absolute atomic E-state index is 3.28. The molecule has 0 radical (unpaired) electrons. The van der Waals surface area contributed by atoms with Crippen molar-refractivity contribution in [3.05, 3.63) is 40.5 Å². The third kappa shape index (κ3) is 3.52. The highest BCUT2D eigenvalue weighted by Crippen LogP contribution is 2.17. The number of rotatable bonds is 4. The average molecular weight is 203 g/mol. The molecule has 0 amide bonds. The maximum Gasteiger partial charge on any atom is 0.0138 e. The van der Waals surface area contributed by atoms with Gasteiger partial charge in [-0.05, 0) is 44.0 Å². The highest BCUT2D eigenvalue weighted by Gasteiger charge is 1.99. The summed E-state index contributed by atoms with van der Waals surface area (Å²) in [6.07, 6.45) is 4.40. The van der Waals surface area contributed by atoms with Gasteiger partial charge in [0, 0.05) is 6.54 Å². The second-order valence-corrected chi connectivity index (χ2v) is 4.02. The Balaban J connectivity index is 2.80. The van der Waals surface area contributed by atoms with Crippen LogP contribution < -0.4 is 5.32 Å². The molecule has 1 aromatic carbocycles. The summed E-state index contributed by atoms with van der Waals surface area (Å²) in [5.74, 6) is 0. The molecule has 1 aromatic rings. The summed E-state index contributed by atoms with van der Waals surface area (Å²) in [5, 5.41) is 3.28. The van der Waals surface area contributed by atoms with Crippen LogP contribution in [0, 0.1) is 20.8 Å². The Kier molecular flexibility index (Phi) is 4.57. The fraction of sp³-hybridized carbons (Fsp3) is 0.429. The van der Waals surface area contributed by atoms with Gasteiger partial charge in [-0.15, -0.1) is 0 Å². The molecule has 0 atom stereocenters. The van der Waals surface area contributed by atoms with Crippen molar-refractivity contribution in [3.63, 3.8) is 0 Å². The summed E-state index contributed by atoms with van der Waals surface area (Å²) in [4.78, 5) is 0. The van der Waals surface area contributed by atoms with Crippen molar-refractivity contribution < 1.29 is 0 Å². The monoisotopic (exact) mass is 203 g/mol. The smallest absolute Gasteiger partial charge is 0.0138 e. The summed E-state index contributed by atoms with van der Waals surface area (Å²) in [6, 6.07) is 4.47. The van der Waals surface area contributed by atoms with Crippen molar-refractivity contribution in [3.8, 4) is 0 Å². The van der Waals surface area contributed by atoms with Crippen molar-refractivity contribution in [2.75, 3.05) is 13.1 Å². The van der Waals surface area contributed by atoms with Crippen molar-refractivity contribution in [2.45, 2.75) is 27.7 Å². The lowest BCUT2D eigenvalue weighted by Gasteiger charge is -2.07. The van der Waals surface area contributed by atoms with Gasteiger partial charge in [0.15, 0.2) is 0 Å². The third-order valence-electron chi connectivity index (χ3n) is 2.53. The normalized spacial score (nSPS) is 11.2. The number of benzene rings is 1. The second kappa shape index (κ2) is 5.72. The van der Waals surface area contributed by atoms with E-state index in [0.717, 1.165) is 13.1 Å². The molecular formula is C14H21N. The largest absolute Gasteiger partial charge is 0.314 e. The Morgan fingerprint density at radius 1 is 1.13 bits per heavy atom. The van der Waals surface area contributed by atoms with Crippen LogP contribution in [0.5, 0.6) is 0 Å². The molecule has 0 heterocycles. The predicted octanol–water partition coefficient (Wildman–Crippen LogP) is 3.23. The first-order valence-electron chi connectivity index (χ1n) is 5.60. The van der Waals surface area contributed by atoms with Gasteiger partial charge in [0.25, 0.3) is 0 Å². The Morgan fingerprint density at radius 2 is 1.73 bits per heavy atom. The summed E-state index contributed by atoms with van der Waals surface area (Å²) in [5.41, 5.74) is 5.42. The van der Waals surface area contributed by atoms with Crippen LogP contribution in [0.3, 0.4) is 0 Å². The van der Waals surface area contributed by atoms with Crippen LogP contribution in [0.1, 0.15) is 29.2 Å². The first-order valence-corrected chi connectivity index (χ1v) is 5.60. The highest BCUT2D eigenvalue weighted by molar-refractivity contribution is 5.58. The maximum atomic E-state index is 3.28. The fourth-order valence-electron chi connectivity index (χ4n) is 1.86. The first kappa shape index (κ1) is 12.0. The van der Waals surface area contributed by atoms with Crippen molar-refractivity contribution in [1.29, 1.82) is 0 Å². The van der Waals surface area contributed by atoms with Gasteiger partial charge in [-0.1, -0.05) is 36.8 Å². The Bertz CT molecular complexity index is 327. The molecule has 0 aliphatic carbocycles. The lowest BCUT2D eigenvalue weighted by Crippen LogP contribution is -2.11. The fourth-order valence-corrected chi connectivity index (χ4v) is 1.86. The van der Waals surface area contributed by atoms with E-state index in [2.05, 4.69) is 57.3 Å². The Morgan fingerprint density at radius 3 is 2.27 bits per heavy atom. The standard InChI is InChI=1S/C14H21N/c1-5-15-8-6-7-14-12(3)9-11(2)10-13(14)4/h6-7,9-10,15H,5,8H2,1-4H3. The second-order valence-electron chi connectivity index (χ2n) is 4.02. The molecule has 1 nitrogen and oxygen atoms in total. The van der Waals surface area contributed by atoms with Crippen molar-refractivity contribution in [2.24, 2.45) is 0 Å². The van der Waals surface area contributed by atoms with Gasteiger partial charge in [-0.25, -0.2) is 0 Å². The summed E-state index contributed by atoms with van der Waals surface area (Å²) >= 11 is 0. The molecule has 0 aliphatic heterocycles. The van der Waals surface area contributed by atoms with Gasteiger partial charge in [0.2, 0.25) is 0 Å². The minimum atomic E-state index is 0.948. The summed E-state index contributed by atoms with van der Waals surface area (Å²) in [6.45, 7) is 10.6. The molecular weight excluding hydrogens is 182 g/mol. The van der Waals surface area contributed by atoms with E-state index in [4.69, 9.17) is 0 Å². The number of hydrogen-bond acceptors (Lipinski definition) is 1. The van der Waals surface area contributed by atoms with E-state index in [0.29, 0.717) is 0 Å². The number of likely N-dealkylation sites (N-methyl/N-ethyl adjacent to an activating group) is 1. The lowest BCUT2D eigenvalue weighted by atomic mass is 9.99.